The fourth-order valence-corrected chi connectivity index (χ4v) is 4.28. The first kappa shape index (κ1) is 15.4. The van der Waals surface area contributed by atoms with Gasteiger partial charge in [-0.3, -0.25) is 9.59 Å². The number of piperidine rings is 1. The van der Waals surface area contributed by atoms with Gasteiger partial charge in [-0.2, -0.15) is 0 Å². The molecule has 1 N–H and O–H groups in total. The molecule has 4 heterocycles. The Morgan fingerprint density at radius 3 is 2.58 bits per heavy atom. The summed E-state index contributed by atoms with van der Waals surface area (Å²) in [6, 6.07) is 0. The lowest BCUT2D eigenvalue weighted by atomic mass is 9.77. The van der Waals surface area contributed by atoms with Crippen molar-refractivity contribution >= 4 is 17.6 Å². The van der Waals surface area contributed by atoms with E-state index in [1.807, 2.05) is 18.9 Å². The molecule has 128 valence electrons. The summed E-state index contributed by atoms with van der Waals surface area (Å²) in [5.41, 5.74) is 1.63. The zero-order valence-corrected chi connectivity index (χ0v) is 14.3. The smallest absolute Gasteiger partial charge is 0.270 e. The van der Waals surface area contributed by atoms with Crippen LogP contribution in [0.25, 0.3) is 0 Å². The molecule has 1 aromatic rings. The normalized spacial score (nSPS) is 22.8. The van der Waals surface area contributed by atoms with Gasteiger partial charge in [-0.25, -0.2) is 9.97 Å². The van der Waals surface area contributed by atoms with Crippen LogP contribution in [-0.4, -0.2) is 59.9 Å². The predicted molar refractivity (Wildman–Crippen MR) is 88.9 cm³/mol. The first-order valence-corrected chi connectivity index (χ1v) is 8.62. The molecule has 2 amide bonds. The Hall–Kier alpha value is -2.18. The number of anilines is 1. The van der Waals surface area contributed by atoms with Crippen LogP contribution >= 0.6 is 0 Å². The highest BCUT2D eigenvalue weighted by molar-refractivity contribution is 5.96. The maximum Gasteiger partial charge on any atom is 0.270 e. The summed E-state index contributed by atoms with van der Waals surface area (Å²) in [7, 11) is 1.90. The van der Waals surface area contributed by atoms with E-state index < -0.39 is 0 Å². The van der Waals surface area contributed by atoms with Gasteiger partial charge in [-0.1, -0.05) is 0 Å². The Balaban J connectivity index is 1.58. The van der Waals surface area contributed by atoms with Crippen LogP contribution in [0.15, 0.2) is 0 Å². The Labute approximate surface area is 141 Å². The molecule has 0 unspecified atom stereocenters. The SMILES string of the molecule is Cc1nc2c(c(N3CCC4(CC3)CC(=O)N(C)C4)n1)CCNC2=O. The molecule has 2 fully saturated rings. The van der Waals surface area contributed by atoms with Crippen LogP contribution in [0.4, 0.5) is 5.82 Å². The third kappa shape index (κ3) is 2.42. The Bertz CT molecular complexity index is 709. The zero-order chi connectivity index (χ0) is 16.9. The van der Waals surface area contributed by atoms with Gasteiger partial charge in [0.1, 0.15) is 17.3 Å². The van der Waals surface area contributed by atoms with E-state index in [2.05, 4.69) is 20.2 Å². The number of nitrogens with one attached hydrogen (secondary N) is 1. The summed E-state index contributed by atoms with van der Waals surface area (Å²) < 4.78 is 0. The number of hydrogen-bond donors (Lipinski definition) is 1. The number of amides is 2. The van der Waals surface area contributed by atoms with E-state index in [0.29, 0.717) is 24.5 Å². The third-order valence-corrected chi connectivity index (χ3v) is 5.62. The van der Waals surface area contributed by atoms with Crippen LogP contribution in [0, 0.1) is 12.3 Å². The van der Waals surface area contributed by atoms with Crippen LogP contribution in [0.1, 0.15) is 41.1 Å². The zero-order valence-electron chi connectivity index (χ0n) is 14.3. The number of likely N-dealkylation sites (tertiary alicyclic amines) is 1. The Morgan fingerprint density at radius 2 is 1.92 bits per heavy atom. The second-order valence-corrected chi connectivity index (χ2v) is 7.34. The summed E-state index contributed by atoms with van der Waals surface area (Å²) >= 11 is 0. The van der Waals surface area contributed by atoms with Gasteiger partial charge < -0.3 is 15.1 Å². The number of fused-ring (bicyclic) bond motifs is 1. The molecule has 0 bridgehead atoms. The molecule has 1 spiro atoms. The molecule has 0 aliphatic carbocycles. The van der Waals surface area contributed by atoms with Gasteiger partial charge in [0.15, 0.2) is 0 Å². The number of aryl methyl sites for hydroxylation is 1. The fraction of sp³-hybridized carbons (Fsp3) is 0.647. The minimum atomic E-state index is -0.0977. The van der Waals surface area contributed by atoms with Crippen molar-refractivity contribution in [2.24, 2.45) is 5.41 Å². The van der Waals surface area contributed by atoms with E-state index >= 15 is 0 Å². The van der Waals surface area contributed by atoms with Crippen molar-refractivity contribution in [1.29, 1.82) is 0 Å². The molecule has 0 aromatic carbocycles. The molecule has 2 saturated heterocycles. The van der Waals surface area contributed by atoms with Gasteiger partial charge >= 0.3 is 0 Å². The van der Waals surface area contributed by atoms with Crippen molar-refractivity contribution in [3.8, 4) is 0 Å². The molecule has 0 atom stereocenters. The van der Waals surface area contributed by atoms with Gasteiger partial charge in [-0.05, 0) is 26.2 Å². The van der Waals surface area contributed by atoms with E-state index in [1.165, 1.54) is 0 Å². The highest BCUT2D eigenvalue weighted by Crippen LogP contribution is 2.41. The van der Waals surface area contributed by atoms with Crippen molar-refractivity contribution in [3.63, 3.8) is 0 Å². The molecular formula is C17H23N5O2. The average molecular weight is 329 g/mol. The second-order valence-electron chi connectivity index (χ2n) is 7.34. The quantitative estimate of drug-likeness (QED) is 0.813. The highest BCUT2D eigenvalue weighted by Gasteiger charge is 2.44. The molecule has 0 saturated carbocycles. The Kier molecular flexibility index (Phi) is 3.47. The lowest BCUT2D eigenvalue weighted by molar-refractivity contribution is -0.126. The third-order valence-electron chi connectivity index (χ3n) is 5.62. The van der Waals surface area contributed by atoms with E-state index in [1.54, 1.807) is 0 Å². The van der Waals surface area contributed by atoms with Crippen molar-refractivity contribution < 1.29 is 9.59 Å². The number of aromatic nitrogens is 2. The lowest BCUT2D eigenvalue weighted by Gasteiger charge is -2.40. The van der Waals surface area contributed by atoms with Gasteiger partial charge in [0.25, 0.3) is 5.91 Å². The number of hydrogen-bond acceptors (Lipinski definition) is 5. The lowest BCUT2D eigenvalue weighted by Crippen LogP contribution is -2.43. The van der Waals surface area contributed by atoms with Crippen LogP contribution in [0.2, 0.25) is 0 Å². The maximum absolute atomic E-state index is 12.1. The van der Waals surface area contributed by atoms with E-state index in [-0.39, 0.29) is 17.2 Å². The van der Waals surface area contributed by atoms with Crippen LogP contribution in [0.3, 0.4) is 0 Å². The summed E-state index contributed by atoms with van der Waals surface area (Å²) in [5, 5.41) is 2.85. The van der Waals surface area contributed by atoms with E-state index in [0.717, 1.165) is 50.3 Å². The molecule has 7 nitrogen and oxygen atoms in total. The molecule has 7 heteroatoms. The molecule has 4 rings (SSSR count). The summed E-state index contributed by atoms with van der Waals surface area (Å²) in [6.45, 7) is 5.10. The number of carbonyl (C=O) groups is 2. The fourth-order valence-electron chi connectivity index (χ4n) is 4.28. The molecule has 1 aromatic heterocycles. The minimum Gasteiger partial charge on any atom is -0.356 e. The molecule has 3 aliphatic heterocycles. The molecule has 3 aliphatic rings. The Morgan fingerprint density at radius 1 is 1.17 bits per heavy atom. The van der Waals surface area contributed by atoms with Gasteiger partial charge in [0, 0.05) is 50.6 Å². The number of rotatable bonds is 1. The largest absolute Gasteiger partial charge is 0.356 e. The predicted octanol–water partition coefficient (Wildman–Crippen LogP) is 0.520. The van der Waals surface area contributed by atoms with Gasteiger partial charge in [0.05, 0.1) is 0 Å². The van der Waals surface area contributed by atoms with Crippen molar-refractivity contribution in [3.05, 3.63) is 17.1 Å². The minimum absolute atomic E-state index is 0.0977. The standard InChI is InChI=1S/C17H23N5O2/c1-11-19-14-12(3-6-18-16(14)24)15(20-11)22-7-4-17(5-8-22)9-13(23)21(2)10-17/h3-10H2,1-2H3,(H,18,24). The van der Waals surface area contributed by atoms with Crippen LogP contribution in [-0.2, 0) is 11.2 Å². The van der Waals surface area contributed by atoms with Crippen molar-refractivity contribution in [1.82, 2.24) is 20.2 Å². The second kappa shape index (κ2) is 5.43. The van der Waals surface area contributed by atoms with Crippen molar-refractivity contribution in [2.75, 3.05) is 38.1 Å². The topological polar surface area (TPSA) is 78.4 Å². The molecule has 24 heavy (non-hydrogen) atoms. The summed E-state index contributed by atoms with van der Waals surface area (Å²) in [4.78, 5) is 37.1. The molecule has 0 radical (unpaired) electrons. The van der Waals surface area contributed by atoms with Crippen molar-refractivity contribution in [2.45, 2.75) is 32.6 Å². The molecular weight excluding hydrogens is 306 g/mol. The first-order valence-electron chi connectivity index (χ1n) is 8.62. The van der Waals surface area contributed by atoms with Crippen LogP contribution in [0.5, 0.6) is 0 Å². The maximum atomic E-state index is 12.1. The van der Waals surface area contributed by atoms with E-state index in [4.69, 9.17) is 0 Å². The first-order chi connectivity index (χ1) is 11.5. The summed E-state index contributed by atoms with van der Waals surface area (Å²) in [5.74, 6) is 1.71. The van der Waals surface area contributed by atoms with Gasteiger partial charge in [0.2, 0.25) is 5.91 Å². The van der Waals surface area contributed by atoms with Crippen LogP contribution < -0.4 is 10.2 Å². The number of carbonyl (C=O) groups excluding carboxylic acids is 2. The van der Waals surface area contributed by atoms with Gasteiger partial charge in [-0.15, -0.1) is 0 Å². The average Bonchev–Trinajstić information content (AvgIpc) is 2.82. The monoisotopic (exact) mass is 329 g/mol. The highest BCUT2D eigenvalue weighted by atomic mass is 16.2. The summed E-state index contributed by atoms with van der Waals surface area (Å²) in [6.07, 6.45) is 3.43. The van der Waals surface area contributed by atoms with E-state index in [9.17, 15) is 9.59 Å². The number of nitrogens with zero attached hydrogens (tertiary/aromatic N) is 4.